The van der Waals surface area contributed by atoms with Crippen molar-refractivity contribution in [1.82, 2.24) is 10.2 Å². The molecule has 106 valence electrons. The van der Waals surface area contributed by atoms with Gasteiger partial charge in [0.2, 0.25) is 0 Å². The highest BCUT2D eigenvalue weighted by atomic mass is 16.6. The quantitative estimate of drug-likeness (QED) is 0.611. The monoisotopic (exact) mass is 276 g/mol. The van der Waals surface area contributed by atoms with E-state index in [9.17, 15) is 9.59 Å². The molecule has 0 saturated carbocycles. The molecule has 0 aromatic heterocycles. The number of nitrogens with one attached hydrogen (secondary N) is 1. The number of ether oxygens (including phenoxy) is 2. The van der Waals surface area contributed by atoms with Gasteiger partial charge in [-0.05, 0) is 18.2 Å². The molecule has 3 rings (SSSR count). The van der Waals surface area contributed by atoms with E-state index < -0.39 is 11.7 Å². The maximum absolute atomic E-state index is 12.2. The molecule has 1 aromatic rings. The van der Waals surface area contributed by atoms with E-state index in [2.05, 4.69) is 5.32 Å². The molecule has 0 unspecified atom stereocenters. The molecule has 20 heavy (non-hydrogen) atoms. The molecule has 1 fully saturated rings. The first-order chi connectivity index (χ1) is 9.75. The molecule has 2 heterocycles. The fourth-order valence-corrected chi connectivity index (χ4v) is 2.32. The molecule has 1 N–H and O–H groups in total. The first-order valence-corrected chi connectivity index (χ1v) is 6.70. The van der Waals surface area contributed by atoms with Crippen LogP contribution < -0.4 is 14.8 Å². The van der Waals surface area contributed by atoms with Gasteiger partial charge in [-0.25, -0.2) is 0 Å². The summed E-state index contributed by atoms with van der Waals surface area (Å²) < 4.78 is 10.8. The summed E-state index contributed by atoms with van der Waals surface area (Å²) >= 11 is 0. The minimum absolute atomic E-state index is 0.345. The molecule has 0 bridgehead atoms. The Labute approximate surface area is 116 Å². The van der Waals surface area contributed by atoms with Gasteiger partial charge in [0, 0.05) is 31.7 Å². The fraction of sp³-hybridized carbons (Fsp3) is 0.429. The molecule has 2 aliphatic heterocycles. The third kappa shape index (κ3) is 2.46. The Bertz CT molecular complexity index is 538. The summed E-state index contributed by atoms with van der Waals surface area (Å²) in [6.45, 7) is 3.53. The van der Waals surface area contributed by atoms with E-state index in [1.165, 1.54) is 0 Å². The zero-order chi connectivity index (χ0) is 13.9. The van der Waals surface area contributed by atoms with Crippen LogP contribution in [0.25, 0.3) is 0 Å². The van der Waals surface area contributed by atoms with Gasteiger partial charge in [0.05, 0.1) is 0 Å². The number of Topliss-reactive ketones (excluding diaryl/α,β-unsaturated/α-hetero) is 1. The molecule has 0 aliphatic carbocycles. The van der Waals surface area contributed by atoms with Gasteiger partial charge in [-0.1, -0.05) is 0 Å². The maximum Gasteiger partial charge on any atom is 0.295 e. The average molecular weight is 276 g/mol. The zero-order valence-corrected chi connectivity index (χ0v) is 11.1. The Kier molecular flexibility index (Phi) is 3.56. The molecule has 2 aliphatic rings. The lowest BCUT2D eigenvalue weighted by atomic mass is 10.1. The van der Waals surface area contributed by atoms with Gasteiger partial charge in [-0.2, -0.15) is 0 Å². The number of rotatable bonds is 2. The van der Waals surface area contributed by atoms with Crippen molar-refractivity contribution in [2.24, 2.45) is 0 Å². The van der Waals surface area contributed by atoms with Crippen LogP contribution in [0.4, 0.5) is 0 Å². The maximum atomic E-state index is 12.2. The van der Waals surface area contributed by atoms with Crippen LogP contribution in [0, 0.1) is 0 Å². The summed E-state index contributed by atoms with van der Waals surface area (Å²) in [5, 5.41) is 3.15. The summed E-state index contributed by atoms with van der Waals surface area (Å²) in [5.41, 5.74) is 0.345. The smallest absolute Gasteiger partial charge is 0.295 e. The lowest BCUT2D eigenvalue weighted by Gasteiger charge is -2.26. The summed E-state index contributed by atoms with van der Waals surface area (Å²) in [6.07, 6.45) is 0. The molecule has 1 saturated heterocycles. The van der Waals surface area contributed by atoms with Crippen molar-refractivity contribution in [3.63, 3.8) is 0 Å². The Morgan fingerprint density at radius 2 is 1.75 bits per heavy atom. The van der Waals surface area contributed by atoms with Crippen LogP contribution in [0.3, 0.4) is 0 Å². The van der Waals surface area contributed by atoms with Crippen molar-refractivity contribution in [2.75, 3.05) is 39.4 Å². The highest BCUT2D eigenvalue weighted by Gasteiger charge is 2.25. The number of hydrogen-bond acceptors (Lipinski definition) is 5. The second-order valence-electron chi connectivity index (χ2n) is 4.73. The van der Waals surface area contributed by atoms with E-state index in [0.29, 0.717) is 43.4 Å². The summed E-state index contributed by atoms with van der Waals surface area (Å²) in [6, 6.07) is 4.86. The van der Waals surface area contributed by atoms with Crippen LogP contribution in [0.5, 0.6) is 11.5 Å². The van der Waals surface area contributed by atoms with Gasteiger partial charge in [0.1, 0.15) is 13.2 Å². The van der Waals surface area contributed by atoms with Crippen LogP contribution in [0.1, 0.15) is 10.4 Å². The number of amides is 1. The average Bonchev–Trinajstić information content (AvgIpc) is 2.54. The lowest BCUT2D eigenvalue weighted by Crippen LogP contribution is -2.48. The first-order valence-electron chi connectivity index (χ1n) is 6.70. The zero-order valence-electron chi connectivity index (χ0n) is 11.1. The van der Waals surface area contributed by atoms with Crippen molar-refractivity contribution in [3.05, 3.63) is 23.8 Å². The third-order valence-corrected chi connectivity index (χ3v) is 3.40. The second-order valence-corrected chi connectivity index (χ2v) is 4.73. The van der Waals surface area contributed by atoms with E-state index in [4.69, 9.17) is 9.47 Å². The normalized spacial score (nSPS) is 17.7. The SMILES string of the molecule is O=C(C(=O)N1CCNCC1)c1ccc2c(c1)OCCO2. The predicted octanol–water partition coefficient (Wildman–Crippen LogP) is 0.0723. The Balaban J connectivity index is 1.77. The topological polar surface area (TPSA) is 67.9 Å². The Morgan fingerprint density at radius 3 is 2.50 bits per heavy atom. The van der Waals surface area contributed by atoms with Gasteiger partial charge in [0.25, 0.3) is 11.7 Å². The molecule has 0 radical (unpaired) electrons. The molecule has 0 spiro atoms. The number of benzene rings is 1. The number of nitrogens with zero attached hydrogens (tertiary/aromatic N) is 1. The van der Waals surface area contributed by atoms with E-state index in [1.54, 1.807) is 23.1 Å². The summed E-state index contributed by atoms with van der Waals surface area (Å²) in [5.74, 6) is 0.185. The van der Waals surface area contributed by atoms with Crippen molar-refractivity contribution in [2.45, 2.75) is 0 Å². The number of hydrogen-bond donors (Lipinski definition) is 1. The van der Waals surface area contributed by atoms with Crippen molar-refractivity contribution < 1.29 is 19.1 Å². The largest absolute Gasteiger partial charge is 0.486 e. The van der Waals surface area contributed by atoms with E-state index in [1.807, 2.05) is 0 Å². The number of carbonyl (C=O) groups excluding carboxylic acids is 2. The van der Waals surface area contributed by atoms with E-state index in [-0.39, 0.29) is 0 Å². The summed E-state index contributed by atoms with van der Waals surface area (Å²) in [4.78, 5) is 25.9. The molecular formula is C14H16N2O4. The second kappa shape index (κ2) is 5.50. The highest BCUT2D eigenvalue weighted by Crippen LogP contribution is 2.30. The Morgan fingerprint density at radius 1 is 1.05 bits per heavy atom. The molecule has 1 aromatic carbocycles. The van der Waals surface area contributed by atoms with Crippen LogP contribution in [-0.4, -0.2) is 56.0 Å². The summed E-state index contributed by atoms with van der Waals surface area (Å²) in [7, 11) is 0. The van der Waals surface area contributed by atoms with Gasteiger partial charge in [0.15, 0.2) is 11.5 Å². The van der Waals surface area contributed by atoms with Gasteiger partial charge in [-0.15, -0.1) is 0 Å². The first kappa shape index (κ1) is 12.9. The van der Waals surface area contributed by atoms with E-state index in [0.717, 1.165) is 13.1 Å². The van der Waals surface area contributed by atoms with Crippen LogP contribution in [-0.2, 0) is 4.79 Å². The van der Waals surface area contributed by atoms with Crippen LogP contribution in [0.2, 0.25) is 0 Å². The third-order valence-electron chi connectivity index (χ3n) is 3.40. The molecule has 6 nitrogen and oxygen atoms in total. The van der Waals surface area contributed by atoms with Crippen LogP contribution in [0.15, 0.2) is 18.2 Å². The minimum Gasteiger partial charge on any atom is -0.486 e. The van der Waals surface area contributed by atoms with Crippen molar-refractivity contribution >= 4 is 11.7 Å². The number of ketones is 1. The molecule has 1 amide bonds. The standard InChI is InChI=1S/C14H16N2O4/c17-13(14(18)16-5-3-15-4-6-16)10-1-2-11-12(9-10)20-8-7-19-11/h1-2,9,15H,3-8H2. The number of piperazine rings is 1. The number of carbonyl (C=O) groups is 2. The van der Waals surface area contributed by atoms with Gasteiger partial charge < -0.3 is 19.7 Å². The fourth-order valence-electron chi connectivity index (χ4n) is 2.32. The number of fused-ring (bicyclic) bond motifs is 1. The molecule has 0 atom stereocenters. The Hall–Kier alpha value is -2.08. The van der Waals surface area contributed by atoms with Crippen molar-refractivity contribution in [1.29, 1.82) is 0 Å². The highest BCUT2D eigenvalue weighted by molar-refractivity contribution is 6.42. The van der Waals surface area contributed by atoms with E-state index >= 15 is 0 Å². The van der Waals surface area contributed by atoms with Gasteiger partial charge in [-0.3, -0.25) is 9.59 Å². The predicted molar refractivity (Wildman–Crippen MR) is 71.2 cm³/mol. The molecular weight excluding hydrogens is 260 g/mol. The minimum atomic E-state index is -0.496. The lowest BCUT2D eigenvalue weighted by molar-refractivity contribution is -0.126. The van der Waals surface area contributed by atoms with Crippen LogP contribution >= 0.6 is 0 Å². The van der Waals surface area contributed by atoms with Gasteiger partial charge >= 0.3 is 0 Å². The van der Waals surface area contributed by atoms with Crippen molar-refractivity contribution in [3.8, 4) is 11.5 Å². The molecule has 6 heteroatoms.